The number of morpholine rings is 1. The largest absolute Gasteiger partial charge is 0.371 e. The molecule has 1 amide bonds. The first-order valence-corrected chi connectivity index (χ1v) is 6.45. The number of amides is 1. The van der Waals surface area contributed by atoms with Crippen LogP contribution < -0.4 is 5.32 Å². The zero-order chi connectivity index (χ0) is 11.0. The molecule has 5 heteroatoms. The van der Waals surface area contributed by atoms with E-state index in [4.69, 9.17) is 4.74 Å². The Hall–Kier alpha value is -0.320. The maximum Gasteiger partial charge on any atom is 0.239 e. The molecule has 0 radical (unpaired) electrons. The third-order valence-corrected chi connectivity index (χ3v) is 4.18. The molecule has 1 N–H and O–H groups in total. The van der Waals surface area contributed by atoms with Crippen LogP contribution in [0.4, 0.5) is 0 Å². The van der Waals surface area contributed by atoms with Crippen molar-refractivity contribution in [2.24, 2.45) is 0 Å². The van der Waals surface area contributed by atoms with Gasteiger partial charge in [-0.15, -0.1) is 12.4 Å². The molecule has 3 fully saturated rings. The van der Waals surface area contributed by atoms with Crippen LogP contribution in [0.2, 0.25) is 0 Å². The first kappa shape index (κ1) is 13.1. The fourth-order valence-corrected chi connectivity index (χ4v) is 3.02. The topological polar surface area (TPSA) is 41.6 Å². The zero-order valence-corrected chi connectivity index (χ0v) is 10.9. The summed E-state index contributed by atoms with van der Waals surface area (Å²) in [6, 6.07) is 0.0789. The van der Waals surface area contributed by atoms with Gasteiger partial charge in [0.15, 0.2) is 0 Å². The molecule has 0 aromatic carbocycles. The summed E-state index contributed by atoms with van der Waals surface area (Å²) in [5.41, 5.74) is 0.0342. The minimum Gasteiger partial charge on any atom is -0.371 e. The molecule has 1 unspecified atom stereocenters. The maximum absolute atomic E-state index is 12.2. The molecule has 2 heterocycles. The first-order chi connectivity index (χ1) is 7.79. The quantitative estimate of drug-likeness (QED) is 0.763. The number of carbonyl (C=O) groups is 1. The van der Waals surface area contributed by atoms with Gasteiger partial charge in [0, 0.05) is 13.1 Å². The summed E-state index contributed by atoms with van der Waals surface area (Å²) in [6.07, 6.45) is 5.66. The molecule has 0 bridgehead atoms. The minimum absolute atomic E-state index is 0. The molecular weight excluding hydrogens is 240 g/mol. The maximum atomic E-state index is 12.2. The number of ether oxygens (including phenoxy) is 1. The lowest BCUT2D eigenvalue weighted by molar-refractivity contribution is -0.168. The molecule has 1 saturated carbocycles. The van der Waals surface area contributed by atoms with Gasteiger partial charge in [0.25, 0.3) is 0 Å². The molecule has 2 saturated heterocycles. The van der Waals surface area contributed by atoms with Crippen LogP contribution in [0.1, 0.15) is 32.1 Å². The van der Waals surface area contributed by atoms with Crippen LogP contribution in [0, 0.1) is 0 Å². The molecular formula is C12H21ClN2O2. The van der Waals surface area contributed by atoms with Gasteiger partial charge in [-0.2, -0.15) is 0 Å². The van der Waals surface area contributed by atoms with Crippen LogP contribution in [-0.4, -0.2) is 48.7 Å². The van der Waals surface area contributed by atoms with Crippen LogP contribution in [-0.2, 0) is 9.53 Å². The van der Waals surface area contributed by atoms with Crippen LogP contribution in [0.3, 0.4) is 0 Å². The van der Waals surface area contributed by atoms with E-state index in [0.717, 1.165) is 51.9 Å². The Morgan fingerprint density at radius 1 is 1.35 bits per heavy atom. The lowest BCUT2D eigenvalue weighted by atomic mass is 9.79. The lowest BCUT2D eigenvalue weighted by Crippen LogP contribution is -2.59. The van der Waals surface area contributed by atoms with Crippen molar-refractivity contribution in [2.45, 2.75) is 43.7 Å². The van der Waals surface area contributed by atoms with E-state index in [2.05, 4.69) is 5.32 Å². The second-order valence-corrected chi connectivity index (χ2v) is 5.29. The number of hydrogen-bond donors (Lipinski definition) is 1. The standard InChI is InChI=1S/C12H20N2O2.ClH/c15-11(10-3-1-6-13-10)14-7-8-16-12(9-14)4-2-5-12;/h10,13H,1-9H2;1H. The van der Waals surface area contributed by atoms with Gasteiger partial charge in [0.2, 0.25) is 5.91 Å². The summed E-state index contributed by atoms with van der Waals surface area (Å²) >= 11 is 0. The Balaban J connectivity index is 0.00000108. The van der Waals surface area contributed by atoms with Crippen molar-refractivity contribution < 1.29 is 9.53 Å². The van der Waals surface area contributed by atoms with Crippen molar-refractivity contribution in [1.29, 1.82) is 0 Å². The van der Waals surface area contributed by atoms with E-state index >= 15 is 0 Å². The van der Waals surface area contributed by atoms with E-state index in [1.54, 1.807) is 0 Å². The Morgan fingerprint density at radius 2 is 2.18 bits per heavy atom. The molecule has 1 spiro atoms. The summed E-state index contributed by atoms with van der Waals surface area (Å²) < 4.78 is 5.83. The van der Waals surface area contributed by atoms with Crippen molar-refractivity contribution in [3.05, 3.63) is 0 Å². The summed E-state index contributed by atoms with van der Waals surface area (Å²) in [5.74, 6) is 0.298. The number of rotatable bonds is 1. The highest BCUT2D eigenvalue weighted by atomic mass is 35.5. The molecule has 0 aromatic rings. The Morgan fingerprint density at radius 3 is 2.76 bits per heavy atom. The molecule has 17 heavy (non-hydrogen) atoms. The molecule has 1 aliphatic carbocycles. The second-order valence-electron chi connectivity index (χ2n) is 5.29. The fourth-order valence-electron chi connectivity index (χ4n) is 3.02. The van der Waals surface area contributed by atoms with Crippen LogP contribution >= 0.6 is 12.4 Å². The van der Waals surface area contributed by atoms with E-state index in [0.29, 0.717) is 5.91 Å². The molecule has 98 valence electrons. The second kappa shape index (κ2) is 5.12. The number of halogens is 1. The monoisotopic (exact) mass is 260 g/mol. The zero-order valence-electron chi connectivity index (χ0n) is 10.1. The predicted octanol–water partition coefficient (Wildman–Crippen LogP) is 0.942. The van der Waals surface area contributed by atoms with Crippen molar-refractivity contribution in [3.8, 4) is 0 Å². The minimum atomic E-state index is 0. The van der Waals surface area contributed by atoms with Gasteiger partial charge in [0.1, 0.15) is 0 Å². The predicted molar refractivity (Wildman–Crippen MR) is 67.4 cm³/mol. The van der Waals surface area contributed by atoms with E-state index in [-0.39, 0.29) is 24.0 Å². The average molecular weight is 261 g/mol. The van der Waals surface area contributed by atoms with Crippen LogP contribution in [0.25, 0.3) is 0 Å². The van der Waals surface area contributed by atoms with Crippen molar-refractivity contribution >= 4 is 18.3 Å². The number of nitrogens with one attached hydrogen (secondary N) is 1. The van der Waals surface area contributed by atoms with Crippen LogP contribution in [0.15, 0.2) is 0 Å². The number of nitrogens with zero attached hydrogens (tertiary/aromatic N) is 1. The van der Waals surface area contributed by atoms with Gasteiger partial charge in [-0.3, -0.25) is 4.79 Å². The highest BCUT2D eigenvalue weighted by molar-refractivity contribution is 5.85. The Labute approximate surface area is 108 Å². The fraction of sp³-hybridized carbons (Fsp3) is 0.917. The van der Waals surface area contributed by atoms with Crippen molar-refractivity contribution in [2.75, 3.05) is 26.2 Å². The smallest absolute Gasteiger partial charge is 0.239 e. The lowest BCUT2D eigenvalue weighted by Gasteiger charge is -2.48. The molecule has 3 aliphatic rings. The Kier molecular flexibility index (Phi) is 3.95. The van der Waals surface area contributed by atoms with Gasteiger partial charge in [-0.1, -0.05) is 0 Å². The highest BCUT2D eigenvalue weighted by Gasteiger charge is 2.44. The van der Waals surface area contributed by atoms with E-state index in [9.17, 15) is 4.79 Å². The molecule has 2 aliphatic heterocycles. The van der Waals surface area contributed by atoms with E-state index in [1.165, 1.54) is 6.42 Å². The van der Waals surface area contributed by atoms with Gasteiger partial charge in [0.05, 0.1) is 18.2 Å². The average Bonchev–Trinajstić information content (AvgIpc) is 2.79. The Bertz CT molecular complexity index is 288. The van der Waals surface area contributed by atoms with Gasteiger partial charge >= 0.3 is 0 Å². The normalized spacial score (nSPS) is 30.8. The van der Waals surface area contributed by atoms with Gasteiger partial charge in [-0.05, 0) is 38.6 Å². The number of carbonyl (C=O) groups excluding carboxylic acids is 1. The number of hydrogen-bond acceptors (Lipinski definition) is 3. The van der Waals surface area contributed by atoms with E-state index < -0.39 is 0 Å². The van der Waals surface area contributed by atoms with Crippen molar-refractivity contribution in [3.63, 3.8) is 0 Å². The summed E-state index contributed by atoms with van der Waals surface area (Å²) in [6.45, 7) is 3.31. The SMILES string of the molecule is Cl.O=C(C1CCCN1)N1CCOC2(CCC2)C1. The van der Waals surface area contributed by atoms with Gasteiger partial charge < -0.3 is 15.0 Å². The molecule has 0 aromatic heterocycles. The summed E-state index contributed by atoms with van der Waals surface area (Å²) in [5, 5.41) is 3.29. The first-order valence-electron chi connectivity index (χ1n) is 6.45. The third kappa shape index (κ3) is 2.44. The van der Waals surface area contributed by atoms with Gasteiger partial charge in [-0.25, -0.2) is 0 Å². The molecule has 1 atom stereocenters. The molecule has 3 rings (SSSR count). The third-order valence-electron chi connectivity index (χ3n) is 4.18. The molecule has 4 nitrogen and oxygen atoms in total. The van der Waals surface area contributed by atoms with Crippen LogP contribution in [0.5, 0.6) is 0 Å². The highest BCUT2D eigenvalue weighted by Crippen LogP contribution is 2.38. The van der Waals surface area contributed by atoms with E-state index in [1.807, 2.05) is 4.90 Å². The summed E-state index contributed by atoms with van der Waals surface area (Å²) in [4.78, 5) is 14.3. The van der Waals surface area contributed by atoms with Crippen molar-refractivity contribution in [1.82, 2.24) is 10.2 Å². The summed E-state index contributed by atoms with van der Waals surface area (Å²) in [7, 11) is 0.